The molecule has 0 saturated carbocycles. The second kappa shape index (κ2) is 8.60. The van der Waals surface area contributed by atoms with Crippen LogP contribution in [0.1, 0.15) is 17.2 Å². The molecule has 0 spiro atoms. The predicted octanol–water partition coefficient (Wildman–Crippen LogP) is 1.74. The van der Waals surface area contributed by atoms with Gasteiger partial charge in [0.25, 0.3) is 0 Å². The largest absolute Gasteiger partial charge is 0.351 e. The van der Waals surface area contributed by atoms with Crippen molar-refractivity contribution in [3.05, 3.63) is 71.8 Å². The third-order valence-corrected chi connectivity index (χ3v) is 4.63. The first kappa shape index (κ1) is 18.1. The fraction of sp³-hybridized carbons (Fsp3) is 0.300. The summed E-state index contributed by atoms with van der Waals surface area (Å²) in [5, 5.41) is 2.23. The average Bonchev–Trinajstić information content (AvgIpc) is 2.64. The molecule has 1 aliphatic heterocycles. The van der Waals surface area contributed by atoms with Crippen LogP contribution < -0.4 is 11.1 Å². The Labute approximate surface area is 153 Å². The van der Waals surface area contributed by atoms with Crippen molar-refractivity contribution in [3.8, 4) is 0 Å². The van der Waals surface area contributed by atoms with E-state index in [1.54, 1.807) is 0 Å². The molecule has 1 saturated heterocycles. The molecule has 3 N–H and O–H groups in total. The molecule has 3 amide bonds. The summed E-state index contributed by atoms with van der Waals surface area (Å²) in [6.45, 7) is 4.12. The van der Waals surface area contributed by atoms with Crippen LogP contribution in [0.25, 0.3) is 0 Å². The summed E-state index contributed by atoms with van der Waals surface area (Å²) in [5.41, 5.74) is 7.30. The lowest BCUT2D eigenvalue weighted by Crippen LogP contribution is -2.51. The molecule has 136 valence electrons. The van der Waals surface area contributed by atoms with Gasteiger partial charge in [0.05, 0.1) is 0 Å². The first-order valence-electron chi connectivity index (χ1n) is 8.79. The smallest absolute Gasteiger partial charge is 0.318 e. The number of piperazine rings is 1. The van der Waals surface area contributed by atoms with E-state index in [1.807, 2.05) is 48.5 Å². The standard InChI is InChI=1S/C20H24N4O2/c21-20(26)22-19(25)18(17-9-5-2-6-10-17)24-13-11-23(12-14-24)15-16-7-3-1-4-8-16/h1-10,18H,11-15H2,(H3,21,22,25,26)/t18-/m1/s1. The maximum absolute atomic E-state index is 12.6. The van der Waals surface area contributed by atoms with Gasteiger partial charge in [0.2, 0.25) is 5.91 Å². The number of hydrogen-bond donors (Lipinski definition) is 2. The van der Waals surface area contributed by atoms with E-state index in [1.165, 1.54) is 5.56 Å². The van der Waals surface area contributed by atoms with Crippen molar-refractivity contribution < 1.29 is 9.59 Å². The van der Waals surface area contributed by atoms with E-state index in [2.05, 4.69) is 27.2 Å². The zero-order valence-corrected chi connectivity index (χ0v) is 14.7. The van der Waals surface area contributed by atoms with Gasteiger partial charge in [-0.15, -0.1) is 0 Å². The Morgan fingerprint density at radius 1 is 0.923 bits per heavy atom. The van der Waals surface area contributed by atoms with E-state index < -0.39 is 12.1 Å². The summed E-state index contributed by atoms with van der Waals surface area (Å²) in [5.74, 6) is -0.375. The SMILES string of the molecule is NC(=O)NC(=O)[C@@H](c1ccccc1)N1CCN(Cc2ccccc2)CC1. The van der Waals surface area contributed by atoms with Gasteiger partial charge in [0, 0.05) is 32.7 Å². The number of amides is 3. The molecule has 6 heteroatoms. The van der Waals surface area contributed by atoms with Crippen molar-refractivity contribution in [3.63, 3.8) is 0 Å². The van der Waals surface area contributed by atoms with Crippen molar-refractivity contribution in [1.29, 1.82) is 0 Å². The molecule has 0 unspecified atom stereocenters. The fourth-order valence-electron chi connectivity index (χ4n) is 3.37. The molecule has 2 aromatic carbocycles. The van der Waals surface area contributed by atoms with E-state index in [9.17, 15) is 9.59 Å². The molecule has 0 aromatic heterocycles. The zero-order chi connectivity index (χ0) is 18.4. The molecule has 0 radical (unpaired) electrons. The van der Waals surface area contributed by atoms with Gasteiger partial charge >= 0.3 is 6.03 Å². The number of carbonyl (C=O) groups is 2. The van der Waals surface area contributed by atoms with Crippen LogP contribution in [-0.4, -0.2) is 47.9 Å². The number of benzene rings is 2. The lowest BCUT2D eigenvalue weighted by Gasteiger charge is -2.38. The van der Waals surface area contributed by atoms with Crippen LogP contribution in [0.15, 0.2) is 60.7 Å². The summed E-state index contributed by atoms with van der Waals surface area (Å²) < 4.78 is 0. The van der Waals surface area contributed by atoms with E-state index >= 15 is 0 Å². The van der Waals surface area contributed by atoms with Crippen LogP contribution in [0.3, 0.4) is 0 Å². The topological polar surface area (TPSA) is 78.7 Å². The second-order valence-electron chi connectivity index (χ2n) is 6.46. The van der Waals surface area contributed by atoms with E-state index in [0.717, 1.165) is 38.3 Å². The highest BCUT2D eigenvalue weighted by Gasteiger charge is 2.31. The number of imide groups is 1. The molecule has 3 rings (SSSR count). The number of nitrogens with one attached hydrogen (secondary N) is 1. The van der Waals surface area contributed by atoms with Crippen molar-refractivity contribution in [2.75, 3.05) is 26.2 Å². The van der Waals surface area contributed by atoms with E-state index in [4.69, 9.17) is 5.73 Å². The van der Waals surface area contributed by atoms with Gasteiger partial charge in [0.15, 0.2) is 0 Å². The van der Waals surface area contributed by atoms with Crippen molar-refractivity contribution >= 4 is 11.9 Å². The number of urea groups is 1. The number of nitrogens with zero attached hydrogens (tertiary/aromatic N) is 2. The molecule has 2 aromatic rings. The van der Waals surface area contributed by atoms with Gasteiger partial charge in [-0.1, -0.05) is 60.7 Å². The van der Waals surface area contributed by atoms with Gasteiger partial charge in [-0.25, -0.2) is 4.79 Å². The van der Waals surface area contributed by atoms with Gasteiger partial charge in [-0.3, -0.25) is 19.9 Å². The molecule has 1 aliphatic rings. The lowest BCUT2D eigenvalue weighted by molar-refractivity contribution is -0.126. The molecular formula is C20H24N4O2. The third-order valence-electron chi connectivity index (χ3n) is 4.63. The summed E-state index contributed by atoms with van der Waals surface area (Å²) in [6, 6.07) is 18.5. The highest BCUT2D eigenvalue weighted by atomic mass is 16.2. The Kier molecular flexibility index (Phi) is 5.99. The average molecular weight is 352 g/mol. The second-order valence-corrected chi connectivity index (χ2v) is 6.46. The molecule has 1 fully saturated rings. The van der Waals surface area contributed by atoms with Crippen LogP contribution in [-0.2, 0) is 11.3 Å². The molecule has 1 atom stereocenters. The number of rotatable bonds is 5. The lowest BCUT2D eigenvalue weighted by atomic mass is 10.0. The number of primary amides is 1. The Hall–Kier alpha value is -2.70. The number of hydrogen-bond acceptors (Lipinski definition) is 4. The summed E-state index contributed by atoms with van der Waals surface area (Å²) in [6.07, 6.45) is 0. The highest BCUT2D eigenvalue weighted by molar-refractivity contribution is 5.96. The van der Waals surface area contributed by atoms with Crippen LogP contribution in [0, 0.1) is 0 Å². The third kappa shape index (κ3) is 4.68. The van der Waals surface area contributed by atoms with Crippen molar-refractivity contribution in [1.82, 2.24) is 15.1 Å². The first-order chi connectivity index (χ1) is 12.6. The number of carbonyl (C=O) groups excluding carboxylic acids is 2. The fourth-order valence-corrected chi connectivity index (χ4v) is 3.37. The van der Waals surface area contributed by atoms with Crippen molar-refractivity contribution in [2.45, 2.75) is 12.6 Å². The van der Waals surface area contributed by atoms with Crippen LogP contribution in [0.5, 0.6) is 0 Å². The molecule has 26 heavy (non-hydrogen) atoms. The summed E-state index contributed by atoms with van der Waals surface area (Å²) in [4.78, 5) is 28.2. The zero-order valence-electron chi connectivity index (χ0n) is 14.7. The Morgan fingerprint density at radius 3 is 2.08 bits per heavy atom. The van der Waals surface area contributed by atoms with Gasteiger partial charge < -0.3 is 5.73 Å². The molecule has 0 aliphatic carbocycles. The quantitative estimate of drug-likeness (QED) is 0.859. The Bertz CT molecular complexity index is 728. The molecular weight excluding hydrogens is 328 g/mol. The molecule has 1 heterocycles. The van der Waals surface area contributed by atoms with Crippen molar-refractivity contribution in [2.24, 2.45) is 5.73 Å². The number of nitrogens with two attached hydrogens (primary N) is 1. The van der Waals surface area contributed by atoms with Gasteiger partial charge in [0.1, 0.15) is 6.04 Å². The van der Waals surface area contributed by atoms with Crippen LogP contribution in [0.4, 0.5) is 4.79 Å². The Morgan fingerprint density at radius 2 is 1.50 bits per heavy atom. The van der Waals surface area contributed by atoms with Crippen LogP contribution >= 0.6 is 0 Å². The summed E-state index contributed by atoms with van der Waals surface area (Å²) in [7, 11) is 0. The normalized spacial score (nSPS) is 16.8. The maximum Gasteiger partial charge on any atom is 0.318 e. The minimum absolute atomic E-state index is 0.375. The highest BCUT2D eigenvalue weighted by Crippen LogP contribution is 2.23. The van der Waals surface area contributed by atoms with E-state index in [-0.39, 0.29) is 5.91 Å². The minimum Gasteiger partial charge on any atom is -0.351 e. The van der Waals surface area contributed by atoms with Gasteiger partial charge in [-0.2, -0.15) is 0 Å². The van der Waals surface area contributed by atoms with Crippen LogP contribution in [0.2, 0.25) is 0 Å². The van der Waals surface area contributed by atoms with Gasteiger partial charge in [-0.05, 0) is 11.1 Å². The maximum atomic E-state index is 12.6. The monoisotopic (exact) mass is 352 g/mol. The molecule has 6 nitrogen and oxygen atoms in total. The summed E-state index contributed by atoms with van der Waals surface area (Å²) >= 11 is 0. The molecule has 0 bridgehead atoms. The minimum atomic E-state index is -0.821. The first-order valence-corrected chi connectivity index (χ1v) is 8.79. The van der Waals surface area contributed by atoms with E-state index in [0.29, 0.717) is 0 Å². The predicted molar refractivity (Wildman–Crippen MR) is 100 cm³/mol. The Balaban J connectivity index is 1.67.